The Morgan fingerprint density at radius 2 is 1.61 bits per heavy atom. The maximum absolute atomic E-state index is 14.0. The summed E-state index contributed by atoms with van der Waals surface area (Å²) < 4.78 is 0. The first-order valence-electron chi connectivity index (χ1n) is 22.4. The summed E-state index contributed by atoms with van der Waals surface area (Å²) in [7, 11) is 0. The van der Waals surface area contributed by atoms with Gasteiger partial charge >= 0.3 is 0 Å². The molecule has 0 aromatic heterocycles. The fourth-order valence-electron chi connectivity index (χ4n) is 15.9. The highest BCUT2D eigenvalue weighted by Gasteiger charge is 2.70. The van der Waals surface area contributed by atoms with Crippen LogP contribution in [-0.2, 0) is 4.79 Å². The highest BCUT2D eigenvalue weighted by Crippen LogP contribution is 2.76. The third kappa shape index (κ3) is 5.66. The van der Waals surface area contributed by atoms with Gasteiger partial charge in [0.1, 0.15) is 6.10 Å². The molecule has 6 aliphatic carbocycles. The summed E-state index contributed by atoms with van der Waals surface area (Å²) in [6.45, 7) is 21.6. The van der Waals surface area contributed by atoms with E-state index in [4.69, 9.17) is 0 Å². The molecule has 1 heterocycles. The van der Waals surface area contributed by atoms with Gasteiger partial charge in [-0.25, -0.2) is 0 Å². The first-order chi connectivity index (χ1) is 26.6. The molecule has 300 valence electrons. The number of Topliss-reactive ketones (excluding diaryl/α,β-unsaturated/α-hetero) is 1. The first-order valence-corrected chi connectivity index (χ1v) is 22.4. The molecule has 6 fully saturated rings. The Labute approximate surface area is 337 Å². The predicted molar refractivity (Wildman–Crippen MR) is 226 cm³/mol. The number of amides is 1. The van der Waals surface area contributed by atoms with Crippen LogP contribution in [0.15, 0.2) is 72.8 Å². The van der Waals surface area contributed by atoms with Gasteiger partial charge in [-0.05, 0) is 158 Å². The molecule has 1 aliphatic heterocycles. The molecule has 12 atom stereocenters. The predicted octanol–water partition coefficient (Wildman–Crippen LogP) is 10.6. The van der Waals surface area contributed by atoms with Crippen molar-refractivity contribution in [2.45, 2.75) is 136 Å². The maximum atomic E-state index is 14.0. The number of allylic oxidation sites excluding steroid dienone is 3. The van der Waals surface area contributed by atoms with Crippen molar-refractivity contribution >= 4 is 17.3 Å². The van der Waals surface area contributed by atoms with E-state index >= 15 is 0 Å². The summed E-state index contributed by atoms with van der Waals surface area (Å²) in [5, 5.41) is 14.7. The van der Waals surface area contributed by atoms with Crippen LogP contribution >= 0.6 is 0 Å². The number of piperidine rings is 1. The van der Waals surface area contributed by atoms with E-state index in [9.17, 15) is 14.7 Å². The summed E-state index contributed by atoms with van der Waals surface area (Å²) in [6, 6.07) is 17.9. The number of aliphatic hydroxyl groups excluding tert-OH is 1. The normalized spacial score (nSPS) is 41.4. The van der Waals surface area contributed by atoms with Crippen molar-refractivity contribution in [3.05, 3.63) is 89.5 Å². The number of carbonyl (C=O) groups is 2. The minimum absolute atomic E-state index is 0.0154. The molecule has 2 bridgehead atoms. The Kier molecular flexibility index (Phi) is 9.29. The molecular weight excluding hydrogens is 689 g/mol. The van der Waals surface area contributed by atoms with Crippen LogP contribution in [0.25, 0.3) is 5.57 Å². The van der Waals surface area contributed by atoms with Gasteiger partial charge in [0.25, 0.3) is 0 Å². The van der Waals surface area contributed by atoms with E-state index < -0.39 is 6.10 Å². The van der Waals surface area contributed by atoms with E-state index in [0.29, 0.717) is 53.3 Å². The second-order valence-electron chi connectivity index (χ2n) is 21.5. The van der Waals surface area contributed by atoms with Gasteiger partial charge in [0, 0.05) is 23.7 Å². The van der Waals surface area contributed by atoms with Gasteiger partial charge in [-0.1, -0.05) is 107 Å². The fourth-order valence-corrected chi connectivity index (χ4v) is 15.9. The van der Waals surface area contributed by atoms with Gasteiger partial charge in [-0.15, -0.1) is 0 Å². The van der Waals surface area contributed by atoms with E-state index in [1.807, 2.05) is 30.3 Å². The van der Waals surface area contributed by atoms with Crippen molar-refractivity contribution in [1.82, 2.24) is 10.2 Å². The third-order valence-corrected chi connectivity index (χ3v) is 18.7. The van der Waals surface area contributed by atoms with Gasteiger partial charge in [-0.2, -0.15) is 0 Å². The number of nitrogens with zero attached hydrogens (tertiary/aromatic N) is 1. The lowest BCUT2D eigenvalue weighted by Crippen LogP contribution is -2.68. The summed E-state index contributed by atoms with van der Waals surface area (Å²) in [4.78, 5) is 29.8. The molecule has 2 aromatic carbocycles. The van der Waals surface area contributed by atoms with Crippen molar-refractivity contribution in [3.63, 3.8) is 0 Å². The molecular formula is C51H68N2O3. The zero-order valence-electron chi connectivity index (χ0n) is 35.2. The van der Waals surface area contributed by atoms with Crippen LogP contribution in [0, 0.1) is 57.2 Å². The Morgan fingerprint density at radius 1 is 0.857 bits per heavy atom. The number of likely N-dealkylation sites (tertiary alicyclic amines) is 1. The van der Waals surface area contributed by atoms with Crippen LogP contribution in [-0.4, -0.2) is 46.4 Å². The summed E-state index contributed by atoms with van der Waals surface area (Å²) >= 11 is 0. The lowest BCUT2D eigenvalue weighted by molar-refractivity contribution is -0.219. The zero-order chi connectivity index (χ0) is 39.4. The molecule has 0 radical (unpaired) electrons. The Balaban J connectivity index is 0.962. The fraction of sp³-hybridized carbons (Fsp3) is 0.647. The highest BCUT2D eigenvalue weighted by molar-refractivity contribution is 6.00. The Morgan fingerprint density at radius 3 is 2.29 bits per heavy atom. The first kappa shape index (κ1) is 38.5. The number of hydrogen-bond donors (Lipinski definition) is 2. The van der Waals surface area contributed by atoms with E-state index in [0.717, 1.165) is 38.1 Å². The van der Waals surface area contributed by atoms with Crippen LogP contribution in [0.2, 0.25) is 0 Å². The second kappa shape index (κ2) is 13.5. The molecule has 5 saturated carbocycles. The Hall–Kier alpha value is -3.02. The molecule has 2 aromatic rings. The smallest absolute Gasteiger partial charge is 0.234 e. The van der Waals surface area contributed by atoms with E-state index in [-0.39, 0.29) is 38.9 Å². The molecule has 5 nitrogen and oxygen atoms in total. The number of rotatable bonds is 8. The number of carbonyl (C=O) groups excluding carboxylic acids is 2. The minimum atomic E-state index is -1.16. The Bertz CT molecular complexity index is 1920. The summed E-state index contributed by atoms with van der Waals surface area (Å²) in [5.41, 5.74) is 5.64. The topological polar surface area (TPSA) is 69.6 Å². The molecule has 5 heteroatoms. The third-order valence-electron chi connectivity index (χ3n) is 18.7. The van der Waals surface area contributed by atoms with Crippen molar-refractivity contribution in [2.24, 2.45) is 57.2 Å². The quantitative estimate of drug-likeness (QED) is 0.208. The summed E-state index contributed by atoms with van der Waals surface area (Å²) in [5.74, 6) is 3.58. The number of ketones is 1. The highest BCUT2D eigenvalue weighted by atomic mass is 16.3. The van der Waals surface area contributed by atoms with E-state index in [1.54, 1.807) is 12.1 Å². The van der Waals surface area contributed by atoms with Crippen molar-refractivity contribution in [1.29, 1.82) is 0 Å². The molecule has 7 aliphatic rings. The largest absolute Gasteiger partial charge is 0.380 e. The van der Waals surface area contributed by atoms with Crippen molar-refractivity contribution in [2.75, 3.05) is 13.1 Å². The molecule has 1 amide bonds. The number of hydrogen-bond acceptors (Lipinski definition) is 4. The van der Waals surface area contributed by atoms with E-state index in [2.05, 4.69) is 76.5 Å². The van der Waals surface area contributed by atoms with Gasteiger partial charge in [0.05, 0.1) is 6.54 Å². The van der Waals surface area contributed by atoms with Crippen molar-refractivity contribution in [3.8, 4) is 0 Å². The van der Waals surface area contributed by atoms with Crippen LogP contribution in [0.3, 0.4) is 0 Å². The number of nitrogens with one attached hydrogen (secondary N) is 1. The molecule has 9 rings (SSSR count). The number of benzene rings is 2. The SMILES string of the molecule is C=C(C)[C@@H]1CC[C@]2(NC(=O)CN3C[C@@H]4CC[C@H]3C4)CC[C@]3(C)[C@H](CC[C@@H]4[C@@]5(C)CC=C(c6ccc(C(=O)C(O)c7ccccc7)cc6)C(C)(C)[C@@H]5CC[C@]43C)[C@@H]12. The summed E-state index contributed by atoms with van der Waals surface area (Å²) in [6.07, 6.45) is 16.0. The number of aliphatic hydroxyl groups is 1. The van der Waals surface area contributed by atoms with Crippen LogP contribution < -0.4 is 5.32 Å². The maximum Gasteiger partial charge on any atom is 0.234 e. The van der Waals surface area contributed by atoms with Crippen LogP contribution in [0.5, 0.6) is 0 Å². The van der Waals surface area contributed by atoms with Gasteiger partial charge in [0.2, 0.25) is 5.91 Å². The lowest BCUT2D eigenvalue weighted by atomic mass is 9.33. The van der Waals surface area contributed by atoms with Gasteiger partial charge in [0.15, 0.2) is 5.78 Å². The van der Waals surface area contributed by atoms with Gasteiger partial charge < -0.3 is 10.4 Å². The average Bonchev–Trinajstić information content (AvgIpc) is 3.90. The monoisotopic (exact) mass is 757 g/mol. The lowest BCUT2D eigenvalue weighted by Gasteiger charge is -2.72. The van der Waals surface area contributed by atoms with Crippen LogP contribution in [0.1, 0.15) is 146 Å². The van der Waals surface area contributed by atoms with Crippen LogP contribution in [0.4, 0.5) is 0 Å². The molecule has 0 spiro atoms. The van der Waals surface area contributed by atoms with Gasteiger partial charge in [-0.3, -0.25) is 14.5 Å². The molecule has 2 N–H and O–H groups in total. The zero-order valence-corrected chi connectivity index (χ0v) is 35.2. The van der Waals surface area contributed by atoms with Crippen molar-refractivity contribution < 1.29 is 14.7 Å². The number of fused-ring (bicyclic) bond motifs is 9. The molecule has 1 unspecified atom stereocenters. The molecule has 56 heavy (non-hydrogen) atoms. The molecule has 1 saturated heterocycles. The minimum Gasteiger partial charge on any atom is -0.380 e. The standard InChI is InChI=1S/C51H68N2O3/c1-32(2)38-21-26-51(52-43(54)31-53-30-33-13-18-37(53)29-33)28-27-49(6)40(44(38)51)19-20-42-48(5)24-22-39(47(3,4)41(48)23-25-50(42,49)7)34-14-16-36(17-15-34)46(56)45(55)35-11-9-8-10-12-35/h8-12,14-17,22,33,37-38,40-42,44-45,55H,1,13,18-21,23-31H2,2-7H3,(H,52,54)/t33-,37+,38+,40-,41+,42-,44-,45?,48+,49-,50-,51+/m1/s1. The second-order valence-corrected chi connectivity index (χ2v) is 21.5. The van der Waals surface area contributed by atoms with E-state index in [1.165, 1.54) is 68.1 Å². The average molecular weight is 757 g/mol.